The van der Waals surface area contributed by atoms with Gasteiger partial charge in [-0.25, -0.2) is 0 Å². The third-order valence-corrected chi connectivity index (χ3v) is 14.8. The SMILES string of the molecule is CC(C)(c1cc(Br)c(CCC(O)COc2c(Br)cc(C(C)(C)c3cc(Br)c(OCC4CO4)c(Br)c3)cc2Br)c(Br)c1)c1cc(Br)c(OCC2CO2)c(Br)c1. The van der Waals surface area contributed by atoms with Crippen molar-refractivity contribution in [3.8, 4) is 17.2 Å². The van der Waals surface area contributed by atoms with E-state index in [1.165, 1.54) is 0 Å². The Morgan fingerprint density at radius 1 is 0.556 bits per heavy atom. The van der Waals surface area contributed by atoms with Crippen LogP contribution in [-0.4, -0.2) is 56.5 Å². The van der Waals surface area contributed by atoms with E-state index in [0.717, 1.165) is 88.3 Å². The Hall–Kier alpha value is -0.000000000000000222. The molecule has 290 valence electrons. The average molecular weight is 1250 g/mol. The van der Waals surface area contributed by atoms with Gasteiger partial charge in [-0.2, -0.15) is 0 Å². The predicted molar refractivity (Wildman–Crippen MR) is 242 cm³/mol. The van der Waals surface area contributed by atoms with Crippen LogP contribution in [-0.2, 0) is 26.7 Å². The molecule has 3 unspecified atom stereocenters. The smallest absolute Gasteiger partial charge is 0.147 e. The zero-order valence-corrected chi connectivity index (χ0v) is 42.5. The molecule has 0 saturated carbocycles. The summed E-state index contributed by atoms with van der Waals surface area (Å²) in [5.74, 6) is 2.18. The van der Waals surface area contributed by atoms with Crippen molar-refractivity contribution in [1.29, 1.82) is 0 Å². The minimum atomic E-state index is -0.682. The molecule has 0 aliphatic carbocycles. The van der Waals surface area contributed by atoms with Crippen LogP contribution in [0.3, 0.4) is 0 Å². The van der Waals surface area contributed by atoms with Gasteiger partial charge < -0.3 is 28.8 Å². The first-order chi connectivity index (χ1) is 25.4. The number of ether oxygens (including phenoxy) is 5. The Bertz CT molecular complexity index is 1790. The molecule has 2 heterocycles. The molecule has 0 amide bonds. The van der Waals surface area contributed by atoms with Crippen LogP contribution in [0, 0.1) is 0 Å². The van der Waals surface area contributed by atoms with Crippen LogP contribution >= 0.6 is 127 Å². The van der Waals surface area contributed by atoms with E-state index in [2.05, 4.69) is 204 Å². The standard InChI is InChI=1S/C40H38Br8O6/c1-39(2,21-11-32(45)37(33(46)12-21)53-18-25-16-50-25)20-7-28(41)27(29(42)8-20)6-5-24(49)15-52-36-30(43)9-22(10-31(36)44)40(3,4)23-13-34(47)38(35(48)14-23)54-19-26-17-51-26/h7-14,24-26,49H,5-6,15-19H2,1-4H3. The summed E-state index contributed by atoms with van der Waals surface area (Å²) in [5.41, 5.74) is 4.88. The maximum atomic E-state index is 11.1. The topological polar surface area (TPSA) is 73.0 Å². The van der Waals surface area contributed by atoms with Crippen molar-refractivity contribution in [3.05, 3.63) is 112 Å². The third-order valence-electron chi connectivity index (χ3n) is 9.80. The largest absolute Gasteiger partial charge is 0.489 e. The summed E-state index contributed by atoms with van der Waals surface area (Å²) in [4.78, 5) is 0. The number of hydrogen-bond acceptors (Lipinski definition) is 6. The molecule has 2 aliphatic heterocycles. The molecule has 4 aromatic carbocycles. The van der Waals surface area contributed by atoms with Gasteiger partial charge in [0.25, 0.3) is 0 Å². The van der Waals surface area contributed by atoms with E-state index >= 15 is 0 Å². The van der Waals surface area contributed by atoms with E-state index < -0.39 is 6.10 Å². The number of aliphatic hydroxyl groups excluding tert-OH is 1. The van der Waals surface area contributed by atoms with Gasteiger partial charge in [0, 0.05) is 19.8 Å². The van der Waals surface area contributed by atoms with Crippen molar-refractivity contribution in [2.24, 2.45) is 0 Å². The van der Waals surface area contributed by atoms with Crippen molar-refractivity contribution < 1.29 is 28.8 Å². The monoisotopic (exact) mass is 1250 g/mol. The number of benzene rings is 4. The highest BCUT2D eigenvalue weighted by Gasteiger charge is 2.31. The fraction of sp³-hybridized carbons (Fsp3) is 0.400. The average Bonchev–Trinajstić information content (AvgIpc) is 4.03. The van der Waals surface area contributed by atoms with Crippen LogP contribution in [0.2, 0.25) is 0 Å². The van der Waals surface area contributed by atoms with Gasteiger partial charge in [0.05, 0.1) is 46.2 Å². The maximum Gasteiger partial charge on any atom is 0.147 e. The second-order valence-corrected chi connectivity index (χ2v) is 21.3. The summed E-state index contributed by atoms with van der Waals surface area (Å²) in [7, 11) is 0. The van der Waals surface area contributed by atoms with Gasteiger partial charge in [0.1, 0.15) is 49.3 Å². The van der Waals surface area contributed by atoms with Gasteiger partial charge in [-0.15, -0.1) is 0 Å². The molecule has 0 aromatic heterocycles. The minimum absolute atomic E-state index is 0.144. The molecule has 4 aromatic rings. The summed E-state index contributed by atoms with van der Waals surface area (Å²) in [6, 6.07) is 16.9. The predicted octanol–water partition coefficient (Wildman–Crippen LogP) is 13.4. The highest BCUT2D eigenvalue weighted by molar-refractivity contribution is 9.12. The molecular formula is C40H38Br8O6. The lowest BCUT2D eigenvalue weighted by molar-refractivity contribution is 0.0994. The normalized spacial score (nSPS) is 17.4. The van der Waals surface area contributed by atoms with Crippen LogP contribution in [0.5, 0.6) is 17.2 Å². The molecule has 0 spiro atoms. The van der Waals surface area contributed by atoms with E-state index in [1.807, 2.05) is 0 Å². The summed E-state index contributed by atoms with van der Waals surface area (Å²) in [5, 5.41) is 11.1. The van der Waals surface area contributed by atoms with Crippen LogP contribution < -0.4 is 14.2 Å². The summed E-state index contributed by atoms with van der Waals surface area (Å²) in [6.07, 6.45) is 0.840. The van der Waals surface area contributed by atoms with E-state index in [-0.39, 0.29) is 29.6 Å². The maximum absolute atomic E-state index is 11.1. The molecule has 1 N–H and O–H groups in total. The number of hydrogen-bond donors (Lipinski definition) is 1. The quantitative estimate of drug-likeness (QED) is 0.113. The van der Waals surface area contributed by atoms with E-state index in [4.69, 9.17) is 23.7 Å². The molecule has 0 radical (unpaired) electrons. The van der Waals surface area contributed by atoms with Crippen molar-refractivity contribution in [1.82, 2.24) is 0 Å². The van der Waals surface area contributed by atoms with Gasteiger partial charge in [-0.1, -0.05) is 59.6 Å². The molecule has 3 atom stereocenters. The van der Waals surface area contributed by atoms with Gasteiger partial charge in [0.2, 0.25) is 0 Å². The van der Waals surface area contributed by atoms with E-state index in [0.29, 0.717) is 31.8 Å². The highest BCUT2D eigenvalue weighted by Crippen LogP contribution is 2.45. The van der Waals surface area contributed by atoms with Gasteiger partial charge >= 0.3 is 0 Å². The summed E-state index contributed by atoms with van der Waals surface area (Å²) < 4.78 is 35.8. The van der Waals surface area contributed by atoms with Crippen LogP contribution in [0.1, 0.15) is 61.9 Å². The lowest BCUT2D eigenvalue weighted by Crippen LogP contribution is -2.21. The molecule has 2 aliphatic rings. The van der Waals surface area contributed by atoms with Gasteiger partial charge in [-0.3, -0.25) is 0 Å². The van der Waals surface area contributed by atoms with E-state index in [9.17, 15) is 5.11 Å². The Morgan fingerprint density at radius 2 is 0.852 bits per heavy atom. The first kappa shape index (κ1) is 43.6. The van der Waals surface area contributed by atoms with Crippen LogP contribution in [0.4, 0.5) is 0 Å². The van der Waals surface area contributed by atoms with Crippen molar-refractivity contribution in [2.45, 2.75) is 69.7 Å². The molecule has 0 bridgehead atoms. The lowest BCUT2D eigenvalue weighted by atomic mass is 9.78. The molecule has 14 heteroatoms. The van der Waals surface area contributed by atoms with E-state index in [1.54, 1.807) is 0 Å². The Labute approximate surface area is 384 Å². The highest BCUT2D eigenvalue weighted by atomic mass is 79.9. The number of rotatable bonds is 16. The number of epoxide rings is 2. The lowest BCUT2D eigenvalue weighted by Gasteiger charge is -2.29. The first-order valence-corrected chi connectivity index (χ1v) is 23.6. The van der Waals surface area contributed by atoms with Crippen molar-refractivity contribution in [3.63, 3.8) is 0 Å². The summed E-state index contributed by atoms with van der Waals surface area (Å²) >= 11 is 30.0. The van der Waals surface area contributed by atoms with Crippen molar-refractivity contribution in [2.75, 3.05) is 33.0 Å². The molecule has 6 rings (SSSR count). The fourth-order valence-corrected chi connectivity index (χ4v) is 11.8. The molecular weight excluding hydrogens is 1220 g/mol. The van der Waals surface area contributed by atoms with Crippen molar-refractivity contribution >= 4 is 127 Å². The first-order valence-electron chi connectivity index (χ1n) is 17.2. The third kappa shape index (κ3) is 10.4. The molecule has 6 nitrogen and oxygen atoms in total. The second-order valence-electron chi connectivity index (χ2n) is 14.5. The Morgan fingerprint density at radius 3 is 1.17 bits per heavy atom. The van der Waals surface area contributed by atoms with Gasteiger partial charge in [-0.05, 0) is 185 Å². The number of halogens is 8. The molecule has 54 heavy (non-hydrogen) atoms. The Kier molecular flexibility index (Phi) is 14.6. The van der Waals surface area contributed by atoms with Crippen LogP contribution in [0.15, 0.2) is 84.3 Å². The fourth-order valence-electron chi connectivity index (χ4n) is 5.97. The minimum Gasteiger partial charge on any atom is -0.489 e. The Balaban J connectivity index is 1.08. The summed E-state index contributed by atoms with van der Waals surface area (Å²) in [6.45, 7) is 11.5. The van der Waals surface area contributed by atoms with Gasteiger partial charge in [0.15, 0.2) is 0 Å². The zero-order chi connectivity index (χ0) is 39.1. The number of aliphatic hydroxyl groups is 1. The second kappa shape index (κ2) is 18.1. The molecule has 2 saturated heterocycles. The van der Waals surface area contributed by atoms with Crippen LogP contribution in [0.25, 0.3) is 0 Å². The zero-order valence-electron chi connectivity index (χ0n) is 29.8. The molecule has 2 fully saturated rings.